The van der Waals surface area contributed by atoms with Gasteiger partial charge in [-0.05, 0) is 12.5 Å². The highest BCUT2D eigenvalue weighted by Crippen LogP contribution is 2.68. The Morgan fingerprint density at radius 3 is 2.68 bits per heavy atom. The molecule has 0 aromatic carbocycles. The van der Waals surface area contributed by atoms with Gasteiger partial charge in [0.15, 0.2) is 5.69 Å². The zero-order valence-electron chi connectivity index (χ0n) is 17.0. The molecule has 3 N–H and O–H groups in total. The van der Waals surface area contributed by atoms with E-state index in [1.165, 1.54) is 22.0 Å². The fraction of sp³-hybridized carbons (Fsp3) is 0.450. The van der Waals surface area contributed by atoms with Crippen LogP contribution in [0.1, 0.15) is 30.8 Å². The first kappa shape index (κ1) is 21.6. The normalized spacial score (nSPS) is 23.2. The van der Waals surface area contributed by atoms with Crippen molar-refractivity contribution >= 4 is 51.8 Å². The van der Waals surface area contributed by atoms with Gasteiger partial charge < -0.3 is 16.0 Å². The lowest BCUT2D eigenvalue weighted by Gasteiger charge is -2.23. The van der Waals surface area contributed by atoms with Crippen molar-refractivity contribution < 1.29 is 14.4 Å². The molecule has 0 unspecified atom stereocenters. The Morgan fingerprint density at radius 1 is 1.32 bits per heavy atom. The highest BCUT2D eigenvalue weighted by molar-refractivity contribution is 6.51. The van der Waals surface area contributed by atoms with Crippen LogP contribution >= 0.6 is 23.2 Å². The first-order valence-electron chi connectivity index (χ1n) is 9.79. The minimum atomic E-state index is -0.878. The molecule has 3 heterocycles. The van der Waals surface area contributed by atoms with Crippen LogP contribution in [0.5, 0.6) is 0 Å². The molecule has 0 bridgehead atoms. The number of hydrogen-bond acceptors (Lipinski definition) is 5. The van der Waals surface area contributed by atoms with E-state index < -0.39 is 16.3 Å². The van der Waals surface area contributed by atoms with Gasteiger partial charge in [-0.15, -0.1) is 23.2 Å². The molecule has 3 amide bonds. The van der Waals surface area contributed by atoms with E-state index in [1.54, 1.807) is 18.3 Å². The average molecular weight is 465 g/mol. The van der Waals surface area contributed by atoms with Crippen molar-refractivity contribution in [2.45, 2.75) is 37.2 Å². The van der Waals surface area contributed by atoms with Crippen molar-refractivity contribution in [2.24, 2.45) is 17.1 Å². The SMILES string of the molecule is CC1(C)[C@H](CNC(=O)[C@@H]2CC=CN2C(=O)Cn2nc(C(N)=O)c3ccncc32)C1(Cl)Cl. The molecular weight excluding hydrogens is 443 g/mol. The van der Waals surface area contributed by atoms with Crippen LogP contribution in [0.2, 0.25) is 0 Å². The van der Waals surface area contributed by atoms with Crippen molar-refractivity contribution in [3.8, 4) is 0 Å². The van der Waals surface area contributed by atoms with Gasteiger partial charge in [0, 0.05) is 35.7 Å². The number of hydrogen-bond donors (Lipinski definition) is 2. The van der Waals surface area contributed by atoms with E-state index in [9.17, 15) is 14.4 Å². The molecule has 164 valence electrons. The molecule has 2 aliphatic rings. The zero-order valence-corrected chi connectivity index (χ0v) is 18.5. The predicted octanol–water partition coefficient (Wildman–Crippen LogP) is 1.59. The topological polar surface area (TPSA) is 123 Å². The number of pyridine rings is 1. The lowest BCUT2D eigenvalue weighted by atomic mass is 10.1. The molecule has 2 aromatic rings. The van der Waals surface area contributed by atoms with E-state index in [0.717, 1.165) is 0 Å². The minimum Gasteiger partial charge on any atom is -0.364 e. The third-order valence-electron chi connectivity index (χ3n) is 6.19. The molecule has 2 atom stereocenters. The molecule has 0 saturated heterocycles. The van der Waals surface area contributed by atoms with Gasteiger partial charge in [-0.2, -0.15) is 5.10 Å². The van der Waals surface area contributed by atoms with E-state index in [0.29, 0.717) is 23.9 Å². The molecule has 2 aromatic heterocycles. The number of rotatable bonds is 6. The lowest BCUT2D eigenvalue weighted by Crippen LogP contribution is -2.46. The Morgan fingerprint density at radius 2 is 2.03 bits per heavy atom. The number of nitrogens with one attached hydrogen (secondary N) is 1. The number of primary amides is 1. The van der Waals surface area contributed by atoms with Gasteiger partial charge in [0.2, 0.25) is 11.8 Å². The first-order chi connectivity index (χ1) is 14.6. The number of halogens is 2. The molecule has 1 aliphatic carbocycles. The maximum Gasteiger partial charge on any atom is 0.269 e. The number of fused-ring (bicyclic) bond motifs is 1. The van der Waals surface area contributed by atoms with Crippen LogP contribution < -0.4 is 11.1 Å². The molecule has 1 saturated carbocycles. The van der Waals surface area contributed by atoms with Crippen molar-refractivity contribution in [3.05, 3.63) is 36.4 Å². The van der Waals surface area contributed by atoms with Crippen molar-refractivity contribution in [1.29, 1.82) is 0 Å². The molecular formula is C20H22Cl2N6O3. The summed E-state index contributed by atoms with van der Waals surface area (Å²) in [5.74, 6) is -1.40. The fourth-order valence-electron chi connectivity index (χ4n) is 4.01. The molecule has 31 heavy (non-hydrogen) atoms. The number of carbonyl (C=O) groups is 3. The van der Waals surface area contributed by atoms with Crippen molar-refractivity contribution in [2.75, 3.05) is 6.54 Å². The van der Waals surface area contributed by atoms with Crippen LogP contribution in [0.25, 0.3) is 10.9 Å². The number of nitrogens with zero attached hydrogens (tertiary/aromatic N) is 4. The second-order valence-corrected chi connectivity index (χ2v) is 9.73. The van der Waals surface area contributed by atoms with Gasteiger partial charge in [-0.3, -0.25) is 24.0 Å². The van der Waals surface area contributed by atoms with Crippen LogP contribution in [-0.4, -0.2) is 54.3 Å². The first-order valence-corrected chi connectivity index (χ1v) is 10.5. The molecule has 0 spiro atoms. The largest absolute Gasteiger partial charge is 0.364 e. The summed E-state index contributed by atoms with van der Waals surface area (Å²) in [6.45, 7) is 4.04. The molecule has 4 rings (SSSR count). The maximum absolute atomic E-state index is 13.0. The molecule has 0 radical (unpaired) electrons. The van der Waals surface area contributed by atoms with Crippen molar-refractivity contribution in [1.82, 2.24) is 25.0 Å². The van der Waals surface area contributed by atoms with E-state index in [-0.39, 0.29) is 35.4 Å². The van der Waals surface area contributed by atoms with E-state index in [2.05, 4.69) is 15.4 Å². The smallest absolute Gasteiger partial charge is 0.269 e. The molecule has 1 aliphatic heterocycles. The summed E-state index contributed by atoms with van der Waals surface area (Å²) in [4.78, 5) is 42.8. The van der Waals surface area contributed by atoms with Gasteiger partial charge in [-0.1, -0.05) is 19.9 Å². The highest BCUT2D eigenvalue weighted by atomic mass is 35.5. The summed E-state index contributed by atoms with van der Waals surface area (Å²) in [5, 5.41) is 7.54. The Bertz CT molecular complexity index is 1100. The molecule has 11 heteroatoms. The van der Waals surface area contributed by atoms with Crippen molar-refractivity contribution in [3.63, 3.8) is 0 Å². The van der Waals surface area contributed by atoms with Crippen LogP contribution in [0, 0.1) is 11.3 Å². The van der Waals surface area contributed by atoms with E-state index in [1.807, 2.05) is 13.8 Å². The summed E-state index contributed by atoms with van der Waals surface area (Å²) < 4.78 is 0.491. The van der Waals surface area contributed by atoms with Crippen LogP contribution in [0.4, 0.5) is 0 Å². The zero-order chi connectivity index (χ0) is 22.6. The summed E-state index contributed by atoms with van der Waals surface area (Å²) in [7, 11) is 0. The number of alkyl halides is 2. The van der Waals surface area contributed by atoms with Crippen LogP contribution in [0.15, 0.2) is 30.7 Å². The standard InChI is InChI=1S/C20H22Cl2N6O3/c1-19(2)14(20(19,21)22)9-25-18(31)12-4-3-7-27(12)15(29)10-28-13-8-24-6-5-11(13)16(26-28)17(23)30/h3,5-8,12,14H,4,9-10H2,1-2H3,(H2,23,30)(H,25,31)/t12-,14-/m0/s1. The molecule has 1 fully saturated rings. The van der Waals surface area contributed by atoms with Gasteiger partial charge in [0.25, 0.3) is 5.91 Å². The van der Waals surface area contributed by atoms with Gasteiger partial charge in [-0.25, -0.2) is 0 Å². The second kappa shape index (κ2) is 7.49. The van der Waals surface area contributed by atoms with Crippen LogP contribution in [-0.2, 0) is 16.1 Å². The second-order valence-electron chi connectivity index (χ2n) is 8.34. The number of amides is 3. The van der Waals surface area contributed by atoms with E-state index >= 15 is 0 Å². The Labute approximate surface area is 188 Å². The predicted molar refractivity (Wildman–Crippen MR) is 115 cm³/mol. The lowest BCUT2D eigenvalue weighted by molar-refractivity contribution is -0.137. The number of nitrogens with two attached hydrogens (primary N) is 1. The summed E-state index contributed by atoms with van der Waals surface area (Å²) >= 11 is 12.5. The average Bonchev–Trinajstić information content (AvgIpc) is 3.17. The quantitative estimate of drug-likeness (QED) is 0.628. The third-order valence-corrected chi connectivity index (χ3v) is 7.69. The van der Waals surface area contributed by atoms with Gasteiger partial charge in [0.05, 0.1) is 11.7 Å². The number of aromatic nitrogens is 3. The minimum absolute atomic E-state index is 0.0640. The number of carbonyl (C=O) groups excluding carboxylic acids is 3. The van der Waals surface area contributed by atoms with Crippen LogP contribution in [0.3, 0.4) is 0 Å². The summed E-state index contributed by atoms with van der Waals surface area (Å²) in [5.41, 5.74) is 5.67. The summed E-state index contributed by atoms with van der Waals surface area (Å²) in [6.07, 6.45) is 6.76. The third kappa shape index (κ3) is 3.55. The Kier molecular flexibility index (Phi) is 5.21. The Hall–Kier alpha value is -2.65. The maximum atomic E-state index is 13.0. The highest BCUT2D eigenvalue weighted by Gasteiger charge is 2.69. The Balaban J connectivity index is 1.45. The molecule has 9 nitrogen and oxygen atoms in total. The summed E-state index contributed by atoms with van der Waals surface area (Å²) in [6, 6.07) is 0.938. The van der Waals surface area contributed by atoms with Gasteiger partial charge >= 0.3 is 0 Å². The van der Waals surface area contributed by atoms with Gasteiger partial charge in [0.1, 0.15) is 16.9 Å². The fourth-order valence-corrected chi connectivity index (χ4v) is 4.86. The van der Waals surface area contributed by atoms with E-state index in [4.69, 9.17) is 28.9 Å². The monoisotopic (exact) mass is 464 g/mol.